The molecule has 0 aromatic carbocycles. The van der Waals surface area contributed by atoms with Crippen LogP contribution in [-0.2, 0) is 6.42 Å². The summed E-state index contributed by atoms with van der Waals surface area (Å²) in [4.78, 5) is 24.2. The van der Waals surface area contributed by atoms with Crippen molar-refractivity contribution >= 4 is 11.0 Å². The van der Waals surface area contributed by atoms with Crippen LogP contribution in [0, 0.1) is 46.3 Å². The number of aromatic nitrogens is 3. The first-order valence-corrected chi connectivity index (χ1v) is 14.5. The second-order valence-electron chi connectivity index (χ2n) is 13.4. The Kier molecular flexibility index (Phi) is 6.28. The van der Waals surface area contributed by atoms with E-state index in [1.807, 2.05) is 6.07 Å². The van der Waals surface area contributed by atoms with Crippen LogP contribution in [0.25, 0.3) is 11.0 Å². The quantitative estimate of drug-likeness (QED) is 0.497. The van der Waals surface area contributed by atoms with Crippen molar-refractivity contribution in [1.29, 1.82) is 0 Å². The molecule has 2 aromatic heterocycles. The number of fused-ring (bicyclic) bond motifs is 6. The highest BCUT2D eigenvalue weighted by atomic mass is 16.3. The molecule has 0 amide bonds. The average molecular weight is 510 g/mol. The number of nitrogens with one attached hydrogen (secondary N) is 1. The molecule has 0 spiro atoms. The molecular weight excluding hydrogens is 466 g/mol. The largest absolute Gasteiger partial charge is 0.393 e. The van der Waals surface area contributed by atoms with E-state index < -0.39 is 0 Å². The molecule has 0 saturated heterocycles. The molecule has 2 aromatic rings. The van der Waals surface area contributed by atoms with Gasteiger partial charge in [-0.05, 0) is 110 Å². The van der Waals surface area contributed by atoms with Crippen molar-refractivity contribution in [2.75, 3.05) is 0 Å². The Morgan fingerprint density at radius 1 is 1.11 bits per heavy atom. The van der Waals surface area contributed by atoms with Gasteiger partial charge in [0, 0.05) is 12.6 Å². The first-order valence-electron chi connectivity index (χ1n) is 14.5. The third-order valence-electron chi connectivity index (χ3n) is 11.9. The number of hydrogen-bond donors (Lipinski definition) is 4. The summed E-state index contributed by atoms with van der Waals surface area (Å²) < 4.78 is 0. The van der Waals surface area contributed by atoms with Gasteiger partial charge in [-0.2, -0.15) is 0 Å². The standard InChI is InChI=1S/C30H43N3O4/c1-16(6-9-25-32-22-5-4-12-31-27(22)28(37)33-25)19-7-8-20-26-21(15-24(36)30(19,20)3)29(2)11-10-18(34)13-17(29)14-23(26)35/h4-5,12,16-21,23-24,26,34-36H,6-11,13-15H2,1-3H3,(H,32,33,37)/t16-,17+,18-,19-,20+,21?,23-,24+,26+,29+,30-/m1/s1. The van der Waals surface area contributed by atoms with Gasteiger partial charge in [-0.15, -0.1) is 0 Å². The SMILES string of the molecule is C[C@H](CCc1nc2cccnc2c(=O)[nH]1)[C@H]1CC[C@H]2[C@H]3C(C[C@H](O)[C@]12C)[C@@]1(C)CC[C@@H](O)C[C@H]1C[C@H]3O. The smallest absolute Gasteiger partial charge is 0.277 e. The highest BCUT2D eigenvalue weighted by Gasteiger charge is 2.65. The average Bonchev–Trinajstić information content (AvgIpc) is 3.23. The number of aliphatic hydroxyl groups is 3. The molecule has 0 bridgehead atoms. The fraction of sp³-hybridized carbons (Fsp3) is 0.767. The zero-order valence-electron chi connectivity index (χ0n) is 22.4. The lowest BCUT2D eigenvalue weighted by Crippen LogP contribution is -2.62. The molecule has 11 atom stereocenters. The van der Waals surface area contributed by atoms with Gasteiger partial charge >= 0.3 is 0 Å². The first kappa shape index (κ1) is 25.4. The third-order valence-corrected chi connectivity index (χ3v) is 11.9. The number of aromatic amines is 1. The van der Waals surface area contributed by atoms with Crippen molar-refractivity contribution in [3.8, 4) is 0 Å². The lowest BCUT2D eigenvalue weighted by molar-refractivity contribution is -0.207. The predicted octanol–water partition coefficient (Wildman–Crippen LogP) is 3.85. The van der Waals surface area contributed by atoms with Crippen LogP contribution in [0.3, 0.4) is 0 Å². The zero-order valence-corrected chi connectivity index (χ0v) is 22.4. The minimum absolute atomic E-state index is 0.0949. The predicted molar refractivity (Wildman–Crippen MR) is 142 cm³/mol. The first-order chi connectivity index (χ1) is 17.6. The molecule has 4 saturated carbocycles. The van der Waals surface area contributed by atoms with Gasteiger partial charge in [0.05, 0.1) is 23.8 Å². The van der Waals surface area contributed by atoms with Gasteiger partial charge in [0.25, 0.3) is 5.56 Å². The van der Waals surface area contributed by atoms with E-state index in [2.05, 4.69) is 35.7 Å². The van der Waals surface area contributed by atoms with Crippen LogP contribution in [0.1, 0.15) is 78.0 Å². The van der Waals surface area contributed by atoms with Gasteiger partial charge in [0.2, 0.25) is 0 Å². The lowest BCUT2D eigenvalue weighted by Gasteiger charge is -2.63. The van der Waals surface area contributed by atoms with Crippen molar-refractivity contribution in [2.24, 2.45) is 46.3 Å². The maximum absolute atomic E-state index is 12.5. The molecule has 4 fully saturated rings. The molecule has 1 unspecified atom stereocenters. The lowest BCUT2D eigenvalue weighted by atomic mass is 9.43. The van der Waals surface area contributed by atoms with Crippen molar-refractivity contribution in [3.05, 3.63) is 34.5 Å². The Balaban J connectivity index is 1.21. The molecule has 4 aliphatic carbocycles. The topological polar surface area (TPSA) is 119 Å². The van der Waals surface area contributed by atoms with Crippen molar-refractivity contribution in [1.82, 2.24) is 15.0 Å². The van der Waals surface area contributed by atoms with E-state index in [-0.39, 0.29) is 40.6 Å². The van der Waals surface area contributed by atoms with Crippen molar-refractivity contribution < 1.29 is 15.3 Å². The van der Waals surface area contributed by atoms with Gasteiger partial charge in [0.15, 0.2) is 5.52 Å². The second-order valence-corrected chi connectivity index (χ2v) is 13.4. The maximum Gasteiger partial charge on any atom is 0.277 e. The highest BCUT2D eigenvalue weighted by Crippen LogP contribution is 2.68. The minimum Gasteiger partial charge on any atom is -0.393 e. The van der Waals surface area contributed by atoms with E-state index in [0.29, 0.717) is 52.9 Å². The molecule has 7 heteroatoms. The highest BCUT2D eigenvalue weighted by molar-refractivity contribution is 5.72. The zero-order chi connectivity index (χ0) is 26.1. The molecule has 2 heterocycles. The molecule has 0 aliphatic heterocycles. The Morgan fingerprint density at radius 2 is 1.92 bits per heavy atom. The fourth-order valence-corrected chi connectivity index (χ4v) is 9.84. The summed E-state index contributed by atoms with van der Waals surface area (Å²) in [6.07, 6.45) is 8.50. The van der Waals surface area contributed by atoms with E-state index in [4.69, 9.17) is 0 Å². The van der Waals surface area contributed by atoms with E-state index in [0.717, 1.165) is 51.4 Å². The number of aryl methyl sites for hydroxylation is 1. The van der Waals surface area contributed by atoms with Gasteiger partial charge in [-0.3, -0.25) is 4.79 Å². The Labute approximate surface area is 219 Å². The molecule has 202 valence electrons. The maximum atomic E-state index is 12.5. The summed E-state index contributed by atoms with van der Waals surface area (Å²) in [5, 5.41) is 33.6. The number of aliphatic hydroxyl groups excluding tert-OH is 3. The second kappa shape index (κ2) is 9.13. The van der Waals surface area contributed by atoms with E-state index in [9.17, 15) is 20.1 Å². The summed E-state index contributed by atoms with van der Waals surface area (Å²) in [6, 6.07) is 3.63. The van der Waals surface area contributed by atoms with Gasteiger partial charge in [0.1, 0.15) is 5.82 Å². The molecule has 37 heavy (non-hydrogen) atoms. The third kappa shape index (κ3) is 3.90. The molecule has 0 radical (unpaired) electrons. The summed E-state index contributed by atoms with van der Waals surface area (Å²) in [7, 11) is 0. The number of H-pyrrole nitrogens is 1. The summed E-state index contributed by atoms with van der Waals surface area (Å²) in [5.74, 6) is 2.63. The Morgan fingerprint density at radius 3 is 2.73 bits per heavy atom. The molecule has 4 aliphatic rings. The molecule has 6 rings (SSSR count). The number of hydrogen-bond acceptors (Lipinski definition) is 6. The van der Waals surface area contributed by atoms with Crippen molar-refractivity contribution in [3.63, 3.8) is 0 Å². The van der Waals surface area contributed by atoms with Crippen LogP contribution in [0.5, 0.6) is 0 Å². The van der Waals surface area contributed by atoms with Crippen molar-refractivity contribution in [2.45, 2.75) is 96.9 Å². The summed E-state index contributed by atoms with van der Waals surface area (Å²) >= 11 is 0. The van der Waals surface area contributed by atoms with E-state index in [1.54, 1.807) is 12.3 Å². The van der Waals surface area contributed by atoms with Crippen LogP contribution in [0.2, 0.25) is 0 Å². The van der Waals surface area contributed by atoms with Crippen LogP contribution < -0.4 is 5.56 Å². The Bertz CT molecular complexity index is 1220. The molecule has 7 nitrogen and oxygen atoms in total. The van der Waals surface area contributed by atoms with Crippen LogP contribution in [0.15, 0.2) is 23.1 Å². The summed E-state index contributed by atoms with van der Waals surface area (Å²) in [6.45, 7) is 6.96. The van der Waals surface area contributed by atoms with Gasteiger partial charge < -0.3 is 20.3 Å². The monoisotopic (exact) mass is 509 g/mol. The number of pyridine rings is 1. The van der Waals surface area contributed by atoms with Gasteiger partial charge in [-0.1, -0.05) is 20.8 Å². The Hall–Kier alpha value is -1.83. The molecule has 4 N–H and O–H groups in total. The van der Waals surface area contributed by atoms with Gasteiger partial charge in [-0.25, -0.2) is 9.97 Å². The minimum atomic E-state index is -0.381. The van der Waals surface area contributed by atoms with Crippen LogP contribution in [0.4, 0.5) is 0 Å². The number of nitrogens with zero attached hydrogens (tertiary/aromatic N) is 2. The number of rotatable bonds is 4. The fourth-order valence-electron chi connectivity index (χ4n) is 9.84. The normalized spacial score (nSPS) is 44.2. The van der Waals surface area contributed by atoms with Crippen LogP contribution in [-0.4, -0.2) is 48.6 Å². The van der Waals surface area contributed by atoms with Crippen LogP contribution >= 0.6 is 0 Å². The molecular formula is C30H43N3O4. The van der Waals surface area contributed by atoms with E-state index in [1.165, 1.54) is 0 Å². The summed E-state index contributed by atoms with van der Waals surface area (Å²) in [5.41, 5.74) is 0.692. The van der Waals surface area contributed by atoms with E-state index >= 15 is 0 Å².